The lowest BCUT2D eigenvalue weighted by Crippen LogP contribution is -2.35. The number of carboxylic acid groups (broad SMARTS) is 1. The Hall–Kier alpha value is -3.33. The molecule has 2 fully saturated rings. The molecule has 0 radical (unpaired) electrons. The first-order chi connectivity index (χ1) is 15.8. The van der Waals surface area contributed by atoms with Crippen molar-refractivity contribution >= 4 is 40.1 Å². The van der Waals surface area contributed by atoms with E-state index in [-0.39, 0.29) is 22.4 Å². The number of benzene rings is 1. The number of carboxylic acids is 1. The lowest BCUT2D eigenvalue weighted by atomic mass is 10.0. The zero-order valence-electron chi connectivity index (χ0n) is 18.5. The first-order valence-electron chi connectivity index (χ1n) is 10.8. The molecule has 2 N–H and O–H groups in total. The number of aromatic nitrogens is 3. The predicted octanol–water partition coefficient (Wildman–Crippen LogP) is 3.14. The number of anilines is 2. The molecule has 3 aromatic rings. The number of nitrogens with one attached hydrogen (secondary N) is 1. The first-order valence-corrected chi connectivity index (χ1v) is 11.2. The van der Waals surface area contributed by atoms with Crippen molar-refractivity contribution in [2.45, 2.75) is 26.3 Å². The molecule has 5 rings (SSSR count). The molecule has 10 heteroatoms. The molecule has 3 heterocycles. The summed E-state index contributed by atoms with van der Waals surface area (Å²) in [4.78, 5) is 41.4. The highest BCUT2D eigenvalue weighted by molar-refractivity contribution is 6.29. The fraction of sp³-hybridized carbons (Fsp3) is 0.391. The summed E-state index contributed by atoms with van der Waals surface area (Å²) in [6.07, 6.45) is 1.23. The number of rotatable bonds is 6. The van der Waals surface area contributed by atoms with Gasteiger partial charge in [-0.3, -0.25) is 4.79 Å². The molecule has 3 atom stereocenters. The number of piperidine rings is 1. The van der Waals surface area contributed by atoms with Crippen LogP contribution in [0.5, 0.6) is 0 Å². The Kier molecular flexibility index (Phi) is 5.16. The SMILES string of the molecule is COn1c(N2CC3CC3C2)nc2c([C@H](C)Nc3ccc(Cl)nc3C(=O)O)cc(C)cc2c1=O. The third-order valence-corrected chi connectivity index (χ3v) is 6.65. The van der Waals surface area contributed by atoms with Crippen molar-refractivity contribution in [1.29, 1.82) is 0 Å². The van der Waals surface area contributed by atoms with Crippen LogP contribution in [0, 0.1) is 18.8 Å². The number of nitrogens with zero attached hydrogens (tertiary/aromatic N) is 4. The van der Waals surface area contributed by atoms with Gasteiger partial charge in [-0.25, -0.2) is 14.8 Å². The van der Waals surface area contributed by atoms with Gasteiger partial charge in [-0.2, -0.15) is 0 Å². The number of pyridine rings is 1. The molecule has 0 bridgehead atoms. The van der Waals surface area contributed by atoms with Gasteiger partial charge in [0.1, 0.15) is 12.3 Å². The summed E-state index contributed by atoms with van der Waals surface area (Å²) >= 11 is 5.89. The first kappa shape index (κ1) is 21.5. The van der Waals surface area contributed by atoms with Crippen LogP contribution in [0.2, 0.25) is 5.15 Å². The van der Waals surface area contributed by atoms with Gasteiger partial charge in [0.05, 0.1) is 22.6 Å². The summed E-state index contributed by atoms with van der Waals surface area (Å²) in [5, 5.41) is 13.3. The summed E-state index contributed by atoms with van der Waals surface area (Å²) in [6, 6.07) is 6.51. The van der Waals surface area contributed by atoms with Gasteiger partial charge in [-0.1, -0.05) is 17.7 Å². The molecule has 2 aliphatic rings. The zero-order valence-corrected chi connectivity index (χ0v) is 19.3. The Morgan fingerprint density at radius 3 is 2.67 bits per heavy atom. The van der Waals surface area contributed by atoms with Crippen molar-refractivity contribution in [3.05, 3.63) is 56.6 Å². The average molecular weight is 470 g/mol. The molecule has 1 saturated heterocycles. The van der Waals surface area contributed by atoms with Crippen molar-refractivity contribution in [2.75, 3.05) is 30.4 Å². The summed E-state index contributed by atoms with van der Waals surface area (Å²) in [7, 11) is 1.47. The average Bonchev–Trinajstić information content (AvgIpc) is 3.39. The maximum atomic E-state index is 13.3. The van der Waals surface area contributed by atoms with Crippen molar-refractivity contribution in [3.8, 4) is 0 Å². The maximum Gasteiger partial charge on any atom is 0.356 e. The molecule has 2 unspecified atom stereocenters. The molecule has 172 valence electrons. The molecule has 2 aromatic heterocycles. The Morgan fingerprint density at radius 1 is 1.27 bits per heavy atom. The molecule has 0 amide bonds. The number of hydrogen-bond acceptors (Lipinski definition) is 7. The number of fused-ring (bicyclic) bond motifs is 2. The smallest absolute Gasteiger partial charge is 0.356 e. The van der Waals surface area contributed by atoms with E-state index in [1.54, 1.807) is 12.1 Å². The van der Waals surface area contributed by atoms with Gasteiger partial charge in [0, 0.05) is 18.7 Å². The minimum absolute atomic E-state index is 0.0988. The topological polar surface area (TPSA) is 110 Å². The molecular formula is C23H24ClN5O4. The van der Waals surface area contributed by atoms with Gasteiger partial charge in [0.25, 0.3) is 5.56 Å². The van der Waals surface area contributed by atoms with E-state index < -0.39 is 5.97 Å². The van der Waals surface area contributed by atoms with Crippen LogP contribution in [-0.4, -0.2) is 46.0 Å². The molecule has 1 aromatic carbocycles. The lowest BCUT2D eigenvalue weighted by molar-refractivity contribution is 0.0691. The molecule has 1 saturated carbocycles. The van der Waals surface area contributed by atoms with E-state index in [9.17, 15) is 14.7 Å². The third-order valence-electron chi connectivity index (χ3n) is 6.44. The normalized spacial score (nSPS) is 19.9. The Balaban J connectivity index is 1.61. The van der Waals surface area contributed by atoms with Crippen LogP contribution in [-0.2, 0) is 0 Å². The van der Waals surface area contributed by atoms with Crippen LogP contribution in [0.25, 0.3) is 10.9 Å². The minimum atomic E-state index is -1.18. The monoisotopic (exact) mass is 469 g/mol. The summed E-state index contributed by atoms with van der Waals surface area (Å²) in [6.45, 7) is 5.52. The fourth-order valence-corrected chi connectivity index (χ4v) is 4.87. The number of aryl methyl sites for hydroxylation is 1. The quantitative estimate of drug-likeness (QED) is 0.530. The zero-order chi connectivity index (χ0) is 23.4. The highest BCUT2D eigenvalue weighted by Crippen LogP contribution is 2.46. The van der Waals surface area contributed by atoms with E-state index in [0.29, 0.717) is 34.4 Å². The second-order valence-corrected chi connectivity index (χ2v) is 9.19. The fourth-order valence-electron chi connectivity index (χ4n) is 4.72. The van der Waals surface area contributed by atoms with Gasteiger partial charge in [0.15, 0.2) is 5.69 Å². The molecule has 9 nitrogen and oxygen atoms in total. The van der Waals surface area contributed by atoms with Crippen LogP contribution in [0.4, 0.5) is 11.6 Å². The van der Waals surface area contributed by atoms with E-state index in [1.165, 1.54) is 24.3 Å². The second-order valence-electron chi connectivity index (χ2n) is 8.81. The van der Waals surface area contributed by atoms with Gasteiger partial charge < -0.3 is 20.2 Å². The second kappa shape index (κ2) is 7.91. The third kappa shape index (κ3) is 3.76. The van der Waals surface area contributed by atoms with E-state index >= 15 is 0 Å². The van der Waals surface area contributed by atoms with Crippen LogP contribution in [0.1, 0.15) is 41.0 Å². The van der Waals surface area contributed by atoms with E-state index in [4.69, 9.17) is 21.4 Å². The van der Waals surface area contributed by atoms with Gasteiger partial charge in [-0.05, 0) is 55.9 Å². The molecule has 33 heavy (non-hydrogen) atoms. The van der Waals surface area contributed by atoms with E-state index in [2.05, 4.69) is 15.2 Å². The number of carbonyl (C=O) groups is 1. The van der Waals surface area contributed by atoms with Crippen LogP contribution >= 0.6 is 11.6 Å². The Bertz CT molecular complexity index is 1330. The van der Waals surface area contributed by atoms with Crippen molar-refractivity contribution in [1.82, 2.24) is 14.7 Å². The lowest BCUT2D eigenvalue weighted by Gasteiger charge is -2.24. The number of halogens is 1. The molecular weight excluding hydrogens is 446 g/mol. The molecule has 1 aliphatic carbocycles. The maximum absolute atomic E-state index is 13.3. The summed E-state index contributed by atoms with van der Waals surface area (Å²) in [5.41, 5.74) is 2.12. The van der Waals surface area contributed by atoms with Crippen LogP contribution in [0.3, 0.4) is 0 Å². The summed E-state index contributed by atoms with van der Waals surface area (Å²) in [5.74, 6) is 0.636. The van der Waals surface area contributed by atoms with Crippen molar-refractivity contribution in [3.63, 3.8) is 0 Å². The molecule has 0 spiro atoms. The van der Waals surface area contributed by atoms with Crippen LogP contribution in [0.15, 0.2) is 29.1 Å². The van der Waals surface area contributed by atoms with E-state index in [0.717, 1.165) is 24.2 Å². The highest BCUT2D eigenvalue weighted by atomic mass is 35.5. The Morgan fingerprint density at radius 2 is 2.00 bits per heavy atom. The number of hydrogen-bond donors (Lipinski definition) is 2. The van der Waals surface area contributed by atoms with Gasteiger partial charge in [-0.15, -0.1) is 4.73 Å². The Labute approximate surface area is 194 Å². The van der Waals surface area contributed by atoms with Gasteiger partial charge in [0.2, 0.25) is 5.95 Å². The van der Waals surface area contributed by atoms with Gasteiger partial charge >= 0.3 is 5.97 Å². The highest BCUT2D eigenvalue weighted by Gasteiger charge is 2.46. The molecule has 1 aliphatic heterocycles. The summed E-state index contributed by atoms with van der Waals surface area (Å²) < 4.78 is 1.26. The minimum Gasteiger partial charge on any atom is -0.476 e. The van der Waals surface area contributed by atoms with Crippen LogP contribution < -0.4 is 20.6 Å². The predicted molar refractivity (Wildman–Crippen MR) is 125 cm³/mol. The largest absolute Gasteiger partial charge is 0.476 e. The number of aromatic carboxylic acids is 1. The van der Waals surface area contributed by atoms with Crippen molar-refractivity contribution in [2.24, 2.45) is 11.8 Å². The van der Waals surface area contributed by atoms with Crippen molar-refractivity contribution < 1.29 is 14.7 Å². The standard InChI is InChI=1S/C23H24ClN5O4/c1-11-6-15(12(2)25-17-4-5-18(24)26-20(17)22(31)32)19-16(7-11)21(30)29(33-3)23(27-19)28-9-13-8-14(13)10-28/h4-7,12-14,25H,8-10H2,1-3H3,(H,31,32)/t12-,13?,14?/m0/s1. The van der Waals surface area contributed by atoms with E-state index in [1.807, 2.05) is 19.9 Å².